The highest BCUT2D eigenvalue weighted by Gasteiger charge is 2.44. The average molecular weight is 353 g/mol. The number of methoxy groups -OCH3 is 1. The van der Waals surface area contributed by atoms with Gasteiger partial charge in [-0.1, -0.05) is 0 Å². The number of nitrogens with zero attached hydrogens (tertiary/aromatic N) is 3. The summed E-state index contributed by atoms with van der Waals surface area (Å²) in [7, 11) is 1.44. The molecule has 2 aromatic heterocycles. The molecule has 7 heteroatoms. The standard InChI is InChI=1S/C14H17BrN4O2/c1-14(13(20)21-2)4-3-8(7-14)12-18-10(15)9-11(16)17-5-6-19(9)12/h5-6,8H,3-4,7H2,1-2H3,(H2,16,17)/t8-,14+/m1/s1. The van der Waals surface area contributed by atoms with Gasteiger partial charge in [0.25, 0.3) is 0 Å². The van der Waals surface area contributed by atoms with E-state index in [4.69, 9.17) is 10.5 Å². The predicted octanol–water partition coefficient (Wildman–Crippen LogP) is 2.52. The number of carbonyl (C=O) groups excluding carboxylic acids is 1. The summed E-state index contributed by atoms with van der Waals surface area (Å²) < 4.78 is 7.58. The zero-order chi connectivity index (χ0) is 15.2. The van der Waals surface area contributed by atoms with Crippen LogP contribution in [0.2, 0.25) is 0 Å². The fourth-order valence-corrected chi connectivity index (χ4v) is 3.80. The zero-order valence-electron chi connectivity index (χ0n) is 12.0. The van der Waals surface area contributed by atoms with Gasteiger partial charge in [0, 0.05) is 18.3 Å². The highest BCUT2D eigenvalue weighted by atomic mass is 79.9. The molecule has 2 atom stereocenters. The number of rotatable bonds is 2. The Morgan fingerprint density at radius 1 is 1.62 bits per heavy atom. The Kier molecular flexibility index (Phi) is 3.39. The van der Waals surface area contributed by atoms with Gasteiger partial charge in [0.15, 0.2) is 5.82 Å². The normalized spacial score (nSPS) is 25.4. The van der Waals surface area contributed by atoms with Crippen LogP contribution in [-0.2, 0) is 9.53 Å². The van der Waals surface area contributed by atoms with Crippen LogP contribution in [0, 0.1) is 5.41 Å². The third-order valence-corrected chi connectivity index (χ3v) is 4.91. The van der Waals surface area contributed by atoms with E-state index in [0.29, 0.717) is 10.4 Å². The van der Waals surface area contributed by atoms with Crippen molar-refractivity contribution in [2.75, 3.05) is 12.8 Å². The SMILES string of the molecule is COC(=O)[C@@]1(C)CC[C@@H](c2nc(Br)c3c(N)nccn23)C1. The Hall–Kier alpha value is -1.63. The van der Waals surface area contributed by atoms with Crippen LogP contribution in [0.25, 0.3) is 5.52 Å². The third-order valence-electron chi connectivity index (χ3n) is 4.35. The molecule has 0 saturated heterocycles. The topological polar surface area (TPSA) is 82.5 Å². The van der Waals surface area contributed by atoms with Crippen LogP contribution in [0.3, 0.4) is 0 Å². The average Bonchev–Trinajstić information content (AvgIpc) is 3.01. The lowest BCUT2D eigenvalue weighted by molar-refractivity contribution is -0.151. The van der Waals surface area contributed by atoms with E-state index in [1.165, 1.54) is 7.11 Å². The van der Waals surface area contributed by atoms with Gasteiger partial charge >= 0.3 is 5.97 Å². The highest BCUT2D eigenvalue weighted by Crippen LogP contribution is 2.47. The fourth-order valence-electron chi connectivity index (χ4n) is 3.22. The van der Waals surface area contributed by atoms with Gasteiger partial charge in [-0.15, -0.1) is 0 Å². The van der Waals surface area contributed by atoms with Crippen LogP contribution in [0.15, 0.2) is 17.0 Å². The van der Waals surface area contributed by atoms with Crippen LogP contribution in [0.5, 0.6) is 0 Å². The van der Waals surface area contributed by atoms with E-state index in [0.717, 1.165) is 30.6 Å². The number of fused-ring (bicyclic) bond motifs is 1. The van der Waals surface area contributed by atoms with E-state index in [1.807, 2.05) is 17.5 Å². The molecule has 0 unspecified atom stereocenters. The maximum absolute atomic E-state index is 11.9. The van der Waals surface area contributed by atoms with Crippen molar-refractivity contribution < 1.29 is 9.53 Å². The third kappa shape index (κ3) is 2.19. The van der Waals surface area contributed by atoms with Crippen LogP contribution >= 0.6 is 15.9 Å². The molecule has 3 rings (SSSR count). The minimum Gasteiger partial charge on any atom is -0.469 e. The Balaban J connectivity index is 2.00. The number of carbonyl (C=O) groups is 1. The van der Waals surface area contributed by atoms with E-state index in [-0.39, 0.29) is 11.9 Å². The van der Waals surface area contributed by atoms with E-state index < -0.39 is 5.41 Å². The Labute approximate surface area is 130 Å². The van der Waals surface area contributed by atoms with Crippen LogP contribution in [0.1, 0.15) is 37.9 Å². The second kappa shape index (κ2) is 4.98. The van der Waals surface area contributed by atoms with Crippen molar-refractivity contribution in [3.8, 4) is 0 Å². The molecule has 2 aromatic rings. The smallest absolute Gasteiger partial charge is 0.311 e. The molecule has 0 bridgehead atoms. The molecule has 0 radical (unpaired) electrons. The van der Waals surface area contributed by atoms with E-state index in [9.17, 15) is 4.79 Å². The molecule has 1 aliphatic carbocycles. The lowest BCUT2D eigenvalue weighted by atomic mass is 9.88. The molecule has 6 nitrogen and oxygen atoms in total. The number of esters is 1. The van der Waals surface area contributed by atoms with E-state index in [2.05, 4.69) is 25.9 Å². The minimum atomic E-state index is -0.434. The van der Waals surface area contributed by atoms with Gasteiger partial charge in [-0.2, -0.15) is 0 Å². The zero-order valence-corrected chi connectivity index (χ0v) is 13.6. The van der Waals surface area contributed by atoms with Gasteiger partial charge in [0.2, 0.25) is 0 Å². The van der Waals surface area contributed by atoms with Crippen LogP contribution in [0.4, 0.5) is 5.82 Å². The van der Waals surface area contributed by atoms with Crippen molar-refractivity contribution >= 4 is 33.2 Å². The summed E-state index contributed by atoms with van der Waals surface area (Å²) in [5.74, 6) is 1.41. The number of anilines is 1. The molecule has 0 spiro atoms. The number of nitrogens with two attached hydrogens (primary N) is 1. The fraction of sp³-hybridized carbons (Fsp3) is 0.500. The van der Waals surface area contributed by atoms with Gasteiger partial charge in [0.1, 0.15) is 15.9 Å². The number of aromatic nitrogens is 3. The molecule has 0 amide bonds. The monoisotopic (exact) mass is 352 g/mol. The summed E-state index contributed by atoms with van der Waals surface area (Å²) in [5, 5.41) is 0. The molecular weight excluding hydrogens is 336 g/mol. The first-order valence-electron chi connectivity index (χ1n) is 6.82. The summed E-state index contributed by atoms with van der Waals surface area (Å²) in [4.78, 5) is 20.6. The van der Waals surface area contributed by atoms with Gasteiger partial charge in [-0.05, 0) is 42.1 Å². The van der Waals surface area contributed by atoms with Gasteiger partial charge in [-0.25, -0.2) is 9.97 Å². The van der Waals surface area contributed by atoms with Gasteiger partial charge in [0.05, 0.1) is 12.5 Å². The van der Waals surface area contributed by atoms with Crippen molar-refractivity contribution in [2.45, 2.75) is 32.1 Å². The number of halogens is 1. The molecule has 2 heterocycles. The van der Waals surface area contributed by atoms with Crippen molar-refractivity contribution in [1.82, 2.24) is 14.4 Å². The summed E-state index contributed by atoms with van der Waals surface area (Å²) in [5.41, 5.74) is 6.26. The molecule has 21 heavy (non-hydrogen) atoms. The van der Waals surface area contributed by atoms with Crippen molar-refractivity contribution in [1.29, 1.82) is 0 Å². The van der Waals surface area contributed by atoms with Gasteiger partial charge in [-0.3, -0.25) is 9.20 Å². The number of imidazole rings is 1. The summed E-state index contributed by atoms with van der Waals surface area (Å²) >= 11 is 3.44. The van der Waals surface area contributed by atoms with E-state index >= 15 is 0 Å². The first-order valence-corrected chi connectivity index (χ1v) is 7.62. The predicted molar refractivity (Wildman–Crippen MR) is 81.8 cm³/mol. The molecule has 0 aromatic carbocycles. The molecule has 1 fully saturated rings. The quantitative estimate of drug-likeness (QED) is 0.839. The maximum atomic E-state index is 11.9. The second-order valence-corrected chi connectivity index (χ2v) is 6.54. The number of hydrogen-bond acceptors (Lipinski definition) is 5. The lowest BCUT2D eigenvalue weighted by Crippen LogP contribution is -2.26. The number of ether oxygens (including phenoxy) is 1. The summed E-state index contributed by atoms with van der Waals surface area (Å²) in [6, 6.07) is 0. The first kappa shape index (κ1) is 14.3. The van der Waals surface area contributed by atoms with Crippen molar-refractivity contribution in [3.63, 3.8) is 0 Å². The lowest BCUT2D eigenvalue weighted by Gasteiger charge is -2.20. The largest absolute Gasteiger partial charge is 0.469 e. The van der Waals surface area contributed by atoms with Crippen molar-refractivity contribution in [2.24, 2.45) is 5.41 Å². The minimum absolute atomic E-state index is 0.147. The Bertz CT molecular complexity index is 714. The van der Waals surface area contributed by atoms with E-state index in [1.54, 1.807) is 6.20 Å². The molecule has 1 aliphatic rings. The first-order chi connectivity index (χ1) is 9.96. The molecule has 0 aliphatic heterocycles. The highest BCUT2D eigenvalue weighted by molar-refractivity contribution is 9.10. The summed E-state index contributed by atoms with van der Waals surface area (Å²) in [6.45, 7) is 1.96. The number of nitrogen functional groups attached to an aromatic ring is 1. The van der Waals surface area contributed by atoms with Crippen LogP contribution in [-0.4, -0.2) is 27.4 Å². The Morgan fingerprint density at radius 2 is 2.38 bits per heavy atom. The number of hydrogen-bond donors (Lipinski definition) is 1. The maximum Gasteiger partial charge on any atom is 0.311 e. The molecule has 112 valence electrons. The molecular formula is C14H17BrN4O2. The summed E-state index contributed by atoms with van der Waals surface area (Å²) in [6.07, 6.45) is 5.95. The van der Waals surface area contributed by atoms with Crippen molar-refractivity contribution in [3.05, 3.63) is 22.8 Å². The van der Waals surface area contributed by atoms with Crippen LogP contribution < -0.4 is 5.73 Å². The molecule has 2 N–H and O–H groups in total. The van der Waals surface area contributed by atoms with Gasteiger partial charge < -0.3 is 10.5 Å². The second-order valence-electron chi connectivity index (χ2n) is 5.78. The molecule has 1 saturated carbocycles. The Morgan fingerprint density at radius 3 is 3.10 bits per heavy atom.